The van der Waals surface area contributed by atoms with E-state index in [-0.39, 0.29) is 18.2 Å². The van der Waals surface area contributed by atoms with E-state index in [4.69, 9.17) is 4.18 Å². The summed E-state index contributed by atoms with van der Waals surface area (Å²) in [5.74, 6) is -0.0400. The Labute approximate surface area is 187 Å². The highest BCUT2D eigenvalue weighted by Gasteiger charge is 2.28. The van der Waals surface area contributed by atoms with E-state index in [1.54, 1.807) is 12.1 Å². The fraction of sp³-hybridized carbons (Fsp3) is 0.375. The minimum absolute atomic E-state index is 0.191. The van der Waals surface area contributed by atoms with Gasteiger partial charge in [0.15, 0.2) is 0 Å². The molecule has 32 heavy (non-hydrogen) atoms. The minimum atomic E-state index is -3.69. The molecule has 8 heteroatoms. The van der Waals surface area contributed by atoms with E-state index in [1.165, 1.54) is 37.7 Å². The second-order valence-corrected chi connectivity index (χ2v) is 10.3. The summed E-state index contributed by atoms with van der Waals surface area (Å²) in [6.07, 6.45) is 7.47. The van der Waals surface area contributed by atoms with E-state index < -0.39 is 10.1 Å². The normalized spacial score (nSPS) is 16.8. The van der Waals surface area contributed by atoms with Crippen LogP contribution < -0.4 is 14.8 Å². The zero-order chi connectivity index (χ0) is 22.3. The van der Waals surface area contributed by atoms with Crippen molar-refractivity contribution in [3.63, 3.8) is 0 Å². The van der Waals surface area contributed by atoms with Gasteiger partial charge in [0, 0.05) is 46.9 Å². The first-order chi connectivity index (χ1) is 15.4. The van der Waals surface area contributed by atoms with E-state index in [0.717, 1.165) is 35.0 Å². The summed E-state index contributed by atoms with van der Waals surface area (Å²) < 4.78 is 28.3. The maximum Gasteiger partial charge on any atom is 0.306 e. The molecule has 1 aromatic heterocycles. The van der Waals surface area contributed by atoms with E-state index in [1.807, 2.05) is 6.07 Å². The van der Waals surface area contributed by atoms with Crippen molar-refractivity contribution < 1.29 is 17.4 Å². The maximum atomic E-state index is 12.5. The van der Waals surface area contributed by atoms with Gasteiger partial charge < -0.3 is 19.8 Å². The molecule has 1 aliphatic carbocycles. The molecule has 5 rings (SSSR count). The van der Waals surface area contributed by atoms with Crippen LogP contribution in [0.5, 0.6) is 5.75 Å². The van der Waals surface area contributed by atoms with Crippen molar-refractivity contribution in [1.82, 2.24) is 15.6 Å². The smallest absolute Gasteiger partial charge is 0.306 e. The summed E-state index contributed by atoms with van der Waals surface area (Å²) in [5, 5.41) is 7.53. The summed E-state index contributed by atoms with van der Waals surface area (Å²) in [6.45, 7) is 1.08. The number of hydrogen-bond donors (Lipinski definition) is 3. The zero-order valence-corrected chi connectivity index (χ0v) is 18.8. The van der Waals surface area contributed by atoms with Crippen LogP contribution >= 0.6 is 0 Å². The van der Waals surface area contributed by atoms with Gasteiger partial charge in [-0.2, -0.15) is 8.42 Å². The number of carbonyl (C=O) groups is 1. The van der Waals surface area contributed by atoms with Crippen molar-refractivity contribution in [2.75, 3.05) is 6.26 Å². The number of hydrogen-bond acceptors (Lipinski definition) is 5. The Bertz CT molecular complexity index is 1290. The number of fused-ring (bicyclic) bond motifs is 2. The van der Waals surface area contributed by atoms with Gasteiger partial charge in [-0.05, 0) is 48.7 Å². The predicted octanol–water partition coefficient (Wildman–Crippen LogP) is 3.84. The Balaban J connectivity index is 1.44. The highest BCUT2D eigenvalue weighted by Crippen LogP contribution is 2.36. The second-order valence-electron chi connectivity index (χ2n) is 8.76. The molecule has 2 heterocycles. The molecular formula is C24H27N3O4S. The largest absolute Gasteiger partial charge is 0.382 e. The predicted molar refractivity (Wildman–Crippen MR) is 124 cm³/mol. The van der Waals surface area contributed by atoms with Gasteiger partial charge in [0.25, 0.3) is 5.91 Å². The fourth-order valence-electron chi connectivity index (χ4n) is 4.79. The van der Waals surface area contributed by atoms with Gasteiger partial charge in [-0.25, -0.2) is 0 Å². The molecule has 0 unspecified atom stereocenters. The van der Waals surface area contributed by atoms with Crippen LogP contribution in [-0.4, -0.2) is 31.6 Å². The lowest BCUT2D eigenvalue weighted by Crippen LogP contribution is -2.30. The van der Waals surface area contributed by atoms with Crippen molar-refractivity contribution in [2.45, 2.75) is 51.2 Å². The number of H-pyrrole nitrogens is 1. The van der Waals surface area contributed by atoms with Gasteiger partial charge in [0.05, 0.1) is 11.8 Å². The van der Waals surface area contributed by atoms with Gasteiger partial charge in [-0.15, -0.1) is 0 Å². The molecule has 0 spiro atoms. The third-order valence-corrected chi connectivity index (χ3v) is 6.82. The van der Waals surface area contributed by atoms with E-state index in [2.05, 4.69) is 33.8 Å². The molecule has 3 N–H and O–H groups in total. The lowest BCUT2D eigenvalue weighted by molar-refractivity contribution is 0.0966. The highest BCUT2D eigenvalue weighted by atomic mass is 32.2. The molecule has 1 aliphatic heterocycles. The zero-order valence-electron chi connectivity index (χ0n) is 18.0. The number of benzene rings is 2. The molecule has 168 valence electrons. The van der Waals surface area contributed by atoms with Crippen molar-refractivity contribution in [1.29, 1.82) is 0 Å². The lowest BCUT2D eigenvalue weighted by Gasteiger charge is -2.22. The molecule has 2 aliphatic rings. The summed E-state index contributed by atoms with van der Waals surface area (Å²) in [4.78, 5) is 15.9. The number of aromatic nitrogens is 1. The highest BCUT2D eigenvalue weighted by molar-refractivity contribution is 7.86. The van der Waals surface area contributed by atoms with Crippen molar-refractivity contribution in [3.05, 3.63) is 53.1 Å². The molecule has 1 fully saturated rings. The summed E-state index contributed by atoms with van der Waals surface area (Å²) in [5.41, 5.74) is 4.79. The van der Waals surface area contributed by atoms with Gasteiger partial charge in [0.1, 0.15) is 5.75 Å². The summed E-state index contributed by atoms with van der Waals surface area (Å²) in [7, 11) is -3.69. The molecular weight excluding hydrogens is 426 g/mol. The third-order valence-electron chi connectivity index (χ3n) is 6.34. The number of amides is 1. The number of rotatable bonds is 6. The number of carbonyl (C=O) groups excluding carboxylic acids is 1. The van der Waals surface area contributed by atoms with Crippen LogP contribution in [0, 0.1) is 0 Å². The molecule has 0 saturated heterocycles. The Kier molecular flexibility index (Phi) is 5.43. The third kappa shape index (κ3) is 4.25. The Morgan fingerprint density at radius 2 is 1.91 bits per heavy atom. The minimum Gasteiger partial charge on any atom is -0.382 e. The first-order valence-corrected chi connectivity index (χ1v) is 12.9. The molecule has 0 radical (unpaired) electrons. The van der Waals surface area contributed by atoms with Crippen LogP contribution in [0.25, 0.3) is 22.2 Å². The quantitative estimate of drug-likeness (QED) is 0.493. The van der Waals surface area contributed by atoms with E-state index >= 15 is 0 Å². The number of aromatic amines is 1. The monoisotopic (exact) mass is 453 g/mol. The van der Waals surface area contributed by atoms with Crippen molar-refractivity contribution in [3.8, 4) is 17.0 Å². The number of nitrogens with one attached hydrogen (secondary N) is 3. The Morgan fingerprint density at radius 3 is 2.69 bits per heavy atom. The van der Waals surface area contributed by atoms with E-state index in [9.17, 15) is 13.2 Å². The lowest BCUT2D eigenvalue weighted by atomic mass is 9.95. The molecule has 1 saturated carbocycles. The second kappa shape index (κ2) is 8.26. The van der Waals surface area contributed by atoms with Crippen molar-refractivity contribution >= 4 is 26.9 Å². The molecule has 3 aromatic rings. The van der Waals surface area contributed by atoms with Gasteiger partial charge in [-0.3, -0.25) is 4.79 Å². The van der Waals surface area contributed by atoms with Crippen LogP contribution in [0.3, 0.4) is 0 Å². The van der Waals surface area contributed by atoms with Gasteiger partial charge in [0.2, 0.25) is 0 Å². The molecule has 2 aromatic carbocycles. The van der Waals surface area contributed by atoms with E-state index in [0.29, 0.717) is 17.2 Å². The van der Waals surface area contributed by atoms with Crippen LogP contribution in [0.1, 0.15) is 53.6 Å². The fourth-order valence-corrected chi connectivity index (χ4v) is 5.27. The first kappa shape index (κ1) is 21.0. The Hall–Kier alpha value is -2.84. The topological polar surface area (TPSA) is 100 Å². The van der Waals surface area contributed by atoms with Gasteiger partial charge in [-0.1, -0.05) is 25.3 Å². The molecule has 0 atom stereocenters. The Morgan fingerprint density at radius 1 is 1.09 bits per heavy atom. The van der Waals surface area contributed by atoms with Crippen LogP contribution in [0.15, 0.2) is 36.4 Å². The van der Waals surface area contributed by atoms with Crippen LogP contribution in [-0.2, 0) is 23.2 Å². The first-order valence-electron chi connectivity index (χ1n) is 11.1. The van der Waals surface area contributed by atoms with Gasteiger partial charge >= 0.3 is 10.1 Å². The van der Waals surface area contributed by atoms with Crippen LogP contribution in [0.4, 0.5) is 0 Å². The average Bonchev–Trinajstić information content (AvgIpc) is 3.36. The molecule has 7 nitrogen and oxygen atoms in total. The summed E-state index contributed by atoms with van der Waals surface area (Å²) in [6, 6.07) is 12.4. The summed E-state index contributed by atoms with van der Waals surface area (Å²) >= 11 is 0. The van der Waals surface area contributed by atoms with Crippen molar-refractivity contribution in [2.24, 2.45) is 0 Å². The standard InChI is InChI=1S/C24H27N3O4S/c1-32(29,30)31-22-10-8-18(23-19(22)14-26-24(23)28)21-12-16-11-15(7-9-20(16)27-21)13-25-17-5-3-2-4-6-17/h7-12,17,25,27H,2-6,13-14H2,1H3,(H,26,28). The SMILES string of the molecule is CS(=O)(=O)Oc1ccc(-c2cc3cc(CNC4CCCCC4)ccc3[nH]2)c2c1CNC2=O. The molecule has 1 amide bonds. The maximum absolute atomic E-state index is 12.5. The van der Waals surface area contributed by atoms with Crippen LogP contribution in [0.2, 0.25) is 0 Å². The molecule has 0 bridgehead atoms. The average molecular weight is 454 g/mol.